The monoisotopic (exact) mass is 633 g/mol. The molecule has 3 rings (SSSR count). The van der Waals surface area contributed by atoms with Crippen molar-refractivity contribution in [1.82, 2.24) is 4.98 Å². The van der Waals surface area contributed by atoms with Crippen LogP contribution in [0.4, 0.5) is 5.69 Å². The Balaban J connectivity index is 1.80. The maximum Gasteiger partial charge on any atom is 0.302 e. The smallest absolute Gasteiger partial charge is 0.302 e. The van der Waals surface area contributed by atoms with Crippen molar-refractivity contribution in [3.05, 3.63) is 47.9 Å². The number of benzene rings is 2. The summed E-state index contributed by atoms with van der Waals surface area (Å²) in [7, 11) is 0. The highest BCUT2D eigenvalue weighted by Crippen LogP contribution is 2.40. The Morgan fingerprint density at radius 3 is 2.72 bits per heavy atom. The Morgan fingerprint density at radius 2 is 2.03 bits per heavy atom. The normalized spacial score (nSPS) is 11.7. The zero-order valence-corrected chi connectivity index (χ0v) is 21.2. The van der Waals surface area contributed by atoms with Crippen LogP contribution in [-0.4, -0.2) is 22.6 Å². The van der Waals surface area contributed by atoms with Gasteiger partial charge in [-0.05, 0) is 86.8 Å². The van der Waals surface area contributed by atoms with E-state index < -0.39 is 5.91 Å². The molecule has 0 atom stereocenters. The zero-order chi connectivity index (χ0) is 21.3. The van der Waals surface area contributed by atoms with Gasteiger partial charge >= 0.3 is 5.91 Å². The number of amides is 1. The Bertz CT molecular complexity index is 1130. The SMILES string of the molecule is Cc1c(Br)cc(C(C)C)c(OCC(=O)N=Nc2c(O)[nH]c3ccc(I)cc23)c1Br. The molecular weight excluding hydrogens is 617 g/mol. The Hall–Kier alpha value is -1.46. The van der Waals surface area contributed by atoms with Gasteiger partial charge in [0.25, 0.3) is 0 Å². The molecule has 0 aliphatic rings. The number of carbonyl (C=O) groups is 1. The number of rotatable bonds is 5. The maximum atomic E-state index is 12.3. The van der Waals surface area contributed by atoms with Crippen LogP contribution in [0, 0.1) is 10.5 Å². The van der Waals surface area contributed by atoms with Gasteiger partial charge in [0.2, 0.25) is 5.88 Å². The van der Waals surface area contributed by atoms with Gasteiger partial charge in [-0.3, -0.25) is 4.79 Å². The molecule has 0 aliphatic heterocycles. The van der Waals surface area contributed by atoms with Crippen molar-refractivity contribution in [2.45, 2.75) is 26.7 Å². The summed E-state index contributed by atoms with van der Waals surface area (Å²) in [6, 6.07) is 7.60. The molecule has 152 valence electrons. The quantitative estimate of drug-likeness (QED) is 0.231. The van der Waals surface area contributed by atoms with Gasteiger partial charge in [-0.15, -0.1) is 10.2 Å². The van der Waals surface area contributed by atoms with Crippen LogP contribution in [0.3, 0.4) is 0 Å². The zero-order valence-electron chi connectivity index (χ0n) is 15.9. The van der Waals surface area contributed by atoms with Crippen LogP contribution in [0.2, 0.25) is 0 Å². The number of fused-ring (bicyclic) bond motifs is 1. The minimum Gasteiger partial charge on any atom is -0.493 e. The van der Waals surface area contributed by atoms with Crippen LogP contribution in [0.5, 0.6) is 11.6 Å². The molecule has 0 saturated carbocycles. The lowest BCUT2D eigenvalue weighted by Gasteiger charge is -2.17. The van der Waals surface area contributed by atoms with Gasteiger partial charge in [-0.1, -0.05) is 29.8 Å². The van der Waals surface area contributed by atoms with E-state index >= 15 is 0 Å². The second-order valence-corrected chi connectivity index (χ2v) is 9.66. The van der Waals surface area contributed by atoms with E-state index in [-0.39, 0.29) is 24.1 Å². The fourth-order valence-corrected chi connectivity index (χ4v) is 4.55. The van der Waals surface area contributed by atoms with E-state index in [0.29, 0.717) is 11.1 Å². The van der Waals surface area contributed by atoms with E-state index in [1.807, 2.05) is 31.2 Å². The van der Waals surface area contributed by atoms with Crippen molar-refractivity contribution in [2.75, 3.05) is 6.61 Å². The van der Waals surface area contributed by atoms with Gasteiger partial charge in [-0.25, -0.2) is 0 Å². The Kier molecular flexibility index (Phi) is 7.00. The molecule has 1 aromatic heterocycles. The van der Waals surface area contributed by atoms with Crippen LogP contribution in [-0.2, 0) is 4.79 Å². The Labute approximate surface area is 198 Å². The highest BCUT2D eigenvalue weighted by atomic mass is 127. The summed E-state index contributed by atoms with van der Waals surface area (Å²) in [5.74, 6) is 0.147. The number of aromatic amines is 1. The number of carbonyl (C=O) groups excluding carboxylic acids is 1. The summed E-state index contributed by atoms with van der Waals surface area (Å²) in [5.41, 5.74) is 2.91. The second-order valence-electron chi connectivity index (χ2n) is 6.76. The van der Waals surface area contributed by atoms with Gasteiger partial charge < -0.3 is 14.8 Å². The third-order valence-electron chi connectivity index (χ3n) is 4.37. The predicted octanol–water partition coefficient (Wildman–Crippen LogP) is 7.12. The molecule has 2 aromatic carbocycles. The number of azo groups is 1. The summed E-state index contributed by atoms with van der Waals surface area (Å²) >= 11 is 9.27. The van der Waals surface area contributed by atoms with Gasteiger partial charge in [0.15, 0.2) is 12.3 Å². The van der Waals surface area contributed by atoms with Gasteiger partial charge in [0.05, 0.1) is 9.99 Å². The van der Waals surface area contributed by atoms with Crippen LogP contribution in [0.25, 0.3) is 10.9 Å². The summed E-state index contributed by atoms with van der Waals surface area (Å²) in [6.45, 7) is 5.80. The average Bonchev–Trinajstić information content (AvgIpc) is 2.97. The van der Waals surface area contributed by atoms with Crippen molar-refractivity contribution in [3.8, 4) is 11.6 Å². The lowest BCUT2D eigenvalue weighted by atomic mass is 10.0. The summed E-state index contributed by atoms with van der Waals surface area (Å²) in [5, 5.41) is 18.4. The molecule has 0 bridgehead atoms. The standard InChI is InChI=1S/C20H18Br2IN3O3/c1-9(2)12-7-14(21)10(3)17(22)19(12)29-8-16(27)25-26-18-13-6-11(23)4-5-15(13)24-20(18)28/h4-7,9,24,28H,8H2,1-3H3. The van der Waals surface area contributed by atoms with Crippen LogP contribution < -0.4 is 4.74 Å². The van der Waals surface area contributed by atoms with Crippen molar-refractivity contribution in [2.24, 2.45) is 10.2 Å². The van der Waals surface area contributed by atoms with E-state index in [0.717, 1.165) is 29.2 Å². The molecule has 0 unspecified atom stereocenters. The summed E-state index contributed by atoms with van der Waals surface area (Å²) in [4.78, 5) is 15.1. The largest absolute Gasteiger partial charge is 0.493 e. The molecule has 1 amide bonds. The number of aromatic nitrogens is 1. The molecular formula is C20H18Br2IN3O3. The third-order valence-corrected chi connectivity index (χ3v) is 6.82. The summed E-state index contributed by atoms with van der Waals surface area (Å²) in [6.07, 6.45) is 0. The van der Waals surface area contributed by atoms with Gasteiger partial charge in [0.1, 0.15) is 5.75 Å². The summed E-state index contributed by atoms with van der Waals surface area (Å²) < 4.78 is 8.54. The van der Waals surface area contributed by atoms with E-state index in [1.165, 1.54) is 0 Å². The predicted molar refractivity (Wildman–Crippen MR) is 128 cm³/mol. The molecule has 9 heteroatoms. The van der Waals surface area contributed by atoms with E-state index in [2.05, 4.69) is 83.5 Å². The first-order valence-electron chi connectivity index (χ1n) is 8.75. The minimum atomic E-state index is -0.549. The number of halogens is 3. The fraction of sp³-hybridized carbons (Fsp3) is 0.250. The minimum absolute atomic E-state index is 0.132. The third kappa shape index (κ3) is 4.83. The topological polar surface area (TPSA) is 87.0 Å². The molecule has 0 saturated heterocycles. The number of hydrogen-bond donors (Lipinski definition) is 2. The lowest BCUT2D eigenvalue weighted by Crippen LogP contribution is -2.10. The van der Waals surface area contributed by atoms with E-state index in [4.69, 9.17) is 4.74 Å². The number of ether oxygens (including phenoxy) is 1. The van der Waals surface area contributed by atoms with Crippen molar-refractivity contribution < 1.29 is 14.6 Å². The number of nitrogens with one attached hydrogen (secondary N) is 1. The number of nitrogens with zero attached hydrogens (tertiary/aromatic N) is 2. The van der Waals surface area contributed by atoms with Gasteiger partial charge in [0, 0.05) is 13.4 Å². The van der Waals surface area contributed by atoms with E-state index in [9.17, 15) is 9.90 Å². The van der Waals surface area contributed by atoms with Crippen molar-refractivity contribution >= 4 is 76.9 Å². The number of hydrogen-bond acceptors (Lipinski definition) is 4. The number of H-pyrrole nitrogens is 1. The van der Waals surface area contributed by atoms with Crippen LogP contribution in [0.15, 0.2) is 43.4 Å². The van der Waals surface area contributed by atoms with Crippen molar-refractivity contribution in [1.29, 1.82) is 0 Å². The second kappa shape index (κ2) is 9.13. The molecule has 1 heterocycles. The maximum absolute atomic E-state index is 12.3. The van der Waals surface area contributed by atoms with E-state index in [1.54, 1.807) is 0 Å². The molecule has 0 radical (unpaired) electrons. The molecule has 0 spiro atoms. The molecule has 2 N–H and O–H groups in total. The highest BCUT2D eigenvalue weighted by Gasteiger charge is 2.18. The van der Waals surface area contributed by atoms with Crippen LogP contribution >= 0.6 is 54.5 Å². The first-order chi connectivity index (χ1) is 13.7. The average molecular weight is 635 g/mol. The Morgan fingerprint density at radius 1 is 1.31 bits per heavy atom. The molecule has 0 aliphatic carbocycles. The van der Waals surface area contributed by atoms with Crippen molar-refractivity contribution in [3.63, 3.8) is 0 Å². The number of aromatic hydroxyl groups is 1. The molecule has 6 nitrogen and oxygen atoms in total. The lowest BCUT2D eigenvalue weighted by molar-refractivity contribution is -0.120. The first-order valence-corrected chi connectivity index (χ1v) is 11.4. The molecule has 29 heavy (non-hydrogen) atoms. The first kappa shape index (κ1) is 22.2. The fourth-order valence-electron chi connectivity index (χ4n) is 2.79. The highest BCUT2D eigenvalue weighted by molar-refractivity contribution is 14.1. The van der Waals surface area contributed by atoms with Gasteiger partial charge in [-0.2, -0.15) is 0 Å². The molecule has 0 fully saturated rings. The molecule has 3 aromatic rings. The van der Waals surface area contributed by atoms with Crippen LogP contribution in [0.1, 0.15) is 30.9 Å².